The predicted molar refractivity (Wildman–Crippen MR) is 129 cm³/mol. The second kappa shape index (κ2) is 12.5. The van der Waals surface area contributed by atoms with E-state index in [-0.39, 0.29) is 17.7 Å². The first-order valence-electron chi connectivity index (χ1n) is 11.7. The van der Waals surface area contributed by atoms with Crippen LogP contribution in [-0.2, 0) is 20.9 Å². The third-order valence-corrected chi connectivity index (χ3v) is 6.33. The summed E-state index contributed by atoms with van der Waals surface area (Å²) in [4.78, 5) is 32.6. The maximum atomic E-state index is 14.0. The van der Waals surface area contributed by atoms with Crippen molar-refractivity contribution in [3.63, 3.8) is 0 Å². The van der Waals surface area contributed by atoms with Gasteiger partial charge >= 0.3 is 17.9 Å². The standard InChI is InChI=1S/C20H18F3N3.C6H8O7/c21-15-6-4-13(5-7-15)16-11-26(12-17(16)19-8-9-24-25-19)10-14-2-1-3-18(22)20(14)23;7-3(8)1-6(13,5(11)12)2-4(9)10/h1-9,16-17H,10-12H2,(H,24,25);13H,1-2H2,(H,7,8)(H,9,10)(H,11,12)/t16-,17+;/m0./s1. The molecule has 2 heterocycles. The molecular weight excluding hydrogens is 523 g/mol. The Balaban J connectivity index is 0.000000276. The van der Waals surface area contributed by atoms with Crippen molar-refractivity contribution in [2.45, 2.75) is 36.8 Å². The molecule has 4 rings (SSSR count). The van der Waals surface area contributed by atoms with Gasteiger partial charge in [0.1, 0.15) is 5.82 Å². The number of carboxylic acids is 3. The Kier molecular flexibility index (Phi) is 9.43. The highest BCUT2D eigenvalue weighted by molar-refractivity contribution is 5.88. The summed E-state index contributed by atoms with van der Waals surface area (Å²) in [5.74, 6) is -6.68. The number of likely N-dealkylation sites (tertiary alicyclic amines) is 1. The first kappa shape index (κ1) is 29.3. The van der Waals surface area contributed by atoms with Gasteiger partial charge in [0.15, 0.2) is 17.2 Å². The molecule has 2 aromatic carbocycles. The first-order valence-corrected chi connectivity index (χ1v) is 11.7. The first-order chi connectivity index (χ1) is 18.4. The number of rotatable bonds is 9. The van der Waals surface area contributed by atoms with Gasteiger partial charge < -0.3 is 20.4 Å². The van der Waals surface area contributed by atoms with Gasteiger partial charge in [-0.1, -0.05) is 24.3 Å². The van der Waals surface area contributed by atoms with E-state index in [9.17, 15) is 27.6 Å². The van der Waals surface area contributed by atoms with Crippen LogP contribution in [0, 0.1) is 17.5 Å². The zero-order chi connectivity index (χ0) is 28.7. The Morgan fingerprint density at radius 3 is 2.08 bits per heavy atom. The number of H-pyrrole nitrogens is 1. The van der Waals surface area contributed by atoms with Crippen LogP contribution in [0.4, 0.5) is 13.2 Å². The monoisotopic (exact) mass is 549 g/mol. The van der Waals surface area contributed by atoms with Crippen molar-refractivity contribution >= 4 is 17.9 Å². The lowest BCUT2D eigenvalue weighted by Gasteiger charge is -2.18. The molecule has 13 heteroatoms. The average molecular weight is 550 g/mol. The van der Waals surface area contributed by atoms with Gasteiger partial charge in [0.2, 0.25) is 0 Å². The highest BCUT2D eigenvalue weighted by Crippen LogP contribution is 2.39. The topological polar surface area (TPSA) is 164 Å². The van der Waals surface area contributed by atoms with Crippen LogP contribution in [0.2, 0.25) is 0 Å². The SMILES string of the molecule is Fc1ccc([C@@H]2CN(Cc3cccc(F)c3F)C[C@H]2c2ccn[nH]2)cc1.O=C(O)CC(O)(CC(=O)O)C(=O)O. The van der Waals surface area contributed by atoms with Gasteiger partial charge in [-0.15, -0.1) is 0 Å². The predicted octanol–water partition coefficient (Wildman–Crippen LogP) is 2.96. The molecule has 0 amide bonds. The molecule has 0 spiro atoms. The molecule has 3 aromatic rings. The average Bonchev–Trinajstić information content (AvgIpc) is 3.52. The van der Waals surface area contributed by atoms with Crippen molar-refractivity contribution < 1.29 is 48.0 Å². The molecule has 208 valence electrons. The van der Waals surface area contributed by atoms with E-state index in [1.165, 1.54) is 18.2 Å². The van der Waals surface area contributed by atoms with Crippen molar-refractivity contribution in [3.05, 3.63) is 89.0 Å². The lowest BCUT2D eigenvalue weighted by molar-refractivity contribution is -0.170. The maximum Gasteiger partial charge on any atom is 0.336 e. The summed E-state index contributed by atoms with van der Waals surface area (Å²) in [5.41, 5.74) is -0.389. The minimum absolute atomic E-state index is 0.118. The number of aromatic amines is 1. The van der Waals surface area contributed by atoms with E-state index in [1.54, 1.807) is 24.4 Å². The fourth-order valence-electron chi connectivity index (χ4n) is 4.48. The van der Waals surface area contributed by atoms with Crippen LogP contribution in [0.15, 0.2) is 54.7 Å². The van der Waals surface area contributed by atoms with E-state index < -0.39 is 48.0 Å². The summed E-state index contributed by atoms with van der Waals surface area (Å²) in [7, 11) is 0. The smallest absolute Gasteiger partial charge is 0.336 e. The highest BCUT2D eigenvalue weighted by Gasteiger charge is 2.41. The highest BCUT2D eigenvalue weighted by atomic mass is 19.2. The molecule has 0 unspecified atom stereocenters. The number of aromatic nitrogens is 2. The molecule has 1 fully saturated rings. The number of halogens is 3. The van der Waals surface area contributed by atoms with Gasteiger partial charge in [-0.25, -0.2) is 18.0 Å². The molecular formula is C26H26F3N3O7. The molecule has 1 aliphatic rings. The summed E-state index contributed by atoms with van der Waals surface area (Å²) in [5, 5.41) is 40.9. The van der Waals surface area contributed by atoms with Crippen molar-refractivity contribution in [2.24, 2.45) is 0 Å². The molecule has 0 saturated carbocycles. The number of benzene rings is 2. The van der Waals surface area contributed by atoms with Crippen LogP contribution in [0.3, 0.4) is 0 Å². The molecule has 5 N–H and O–H groups in total. The maximum absolute atomic E-state index is 14.0. The number of aliphatic hydroxyl groups is 1. The summed E-state index contributed by atoms with van der Waals surface area (Å²) in [6.07, 6.45) is -0.588. The Morgan fingerprint density at radius 2 is 1.54 bits per heavy atom. The molecule has 0 bridgehead atoms. The number of carbonyl (C=O) groups is 3. The third kappa shape index (κ3) is 7.65. The number of hydrogen-bond donors (Lipinski definition) is 5. The van der Waals surface area contributed by atoms with Crippen molar-refractivity contribution in [1.29, 1.82) is 0 Å². The zero-order valence-corrected chi connectivity index (χ0v) is 20.4. The molecule has 0 radical (unpaired) electrons. The van der Waals surface area contributed by atoms with Crippen molar-refractivity contribution in [1.82, 2.24) is 15.1 Å². The lowest BCUT2D eigenvalue weighted by atomic mass is 9.87. The minimum atomic E-state index is -2.74. The van der Waals surface area contributed by atoms with Gasteiger partial charge in [0.05, 0.1) is 12.8 Å². The van der Waals surface area contributed by atoms with Crippen LogP contribution >= 0.6 is 0 Å². The van der Waals surface area contributed by atoms with Gasteiger partial charge in [-0.2, -0.15) is 5.10 Å². The lowest BCUT2D eigenvalue weighted by Crippen LogP contribution is -2.42. The Hall–Kier alpha value is -4.23. The fraction of sp³-hybridized carbons (Fsp3) is 0.308. The second-order valence-corrected chi connectivity index (χ2v) is 9.16. The van der Waals surface area contributed by atoms with E-state index in [1.807, 2.05) is 6.07 Å². The summed E-state index contributed by atoms with van der Waals surface area (Å²) in [6.45, 7) is 1.68. The van der Waals surface area contributed by atoms with Gasteiger partial charge in [0, 0.05) is 48.9 Å². The quantitative estimate of drug-likeness (QED) is 0.270. The molecule has 1 saturated heterocycles. The summed E-state index contributed by atoms with van der Waals surface area (Å²) < 4.78 is 40.8. The van der Waals surface area contributed by atoms with Crippen LogP contribution in [0.1, 0.15) is 41.5 Å². The van der Waals surface area contributed by atoms with Crippen molar-refractivity contribution in [3.8, 4) is 0 Å². The molecule has 39 heavy (non-hydrogen) atoms. The number of hydrogen-bond acceptors (Lipinski definition) is 6. The van der Waals surface area contributed by atoms with Crippen LogP contribution in [0.5, 0.6) is 0 Å². The van der Waals surface area contributed by atoms with Crippen LogP contribution in [0.25, 0.3) is 0 Å². The number of aliphatic carboxylic acids is 3. The summed E-state index contributed by atoms with van der Waals surface area (Å²) in [6, 6.07) is 12.7. The van der Waals surface area contributed by atoms with Gasteiger partial charge in [0.25, 0.3) is 0 Å². The normalized spacial score (nSPS) is 17.3. The van der Waals surface area contributed by atoms with Gasteiger partial charge in [-0.05, 0) is 29.8 Å². The Labute approximate surface area is 220 Å². The molecule has 1 aliphatic heterocycles. The third-order valence-electron chi connectivity index (χ3n) is 6.33. The molecule has 2 atom stereocenters. The zero-order valence-electron chi connectivity index (χ0n) is 20.4. The second-order valence-electron chi connectivity index (χ2n) is 9.16. The fourth-order valence-corrected chi connectivity index (χ4v) is 4.48. The number of carboxylic acid groups (broad SMARTS) is 3. The van der Waals surface area contributed by atoms with E-state index in [0.717, 1.165) is 17.3 Å². The van der Waals surface area contributed by atoms with Crippen LogP contribution in [-0.4, -0.2) is 72.1 Å². The summed E-state index contributed by atoms with van der Waals surface area (Å²) >= 11 is 0. The van der Waals surface area contributed by atoms with Crippen molar-refractivity contribution in [2.75, 3.05) is 13.1 Å². The Morgan fingerprint density at radius 1 is 0.923 bits per heavy atom. The minimum Gasteiger partial charge on any atom is -0.481 e. The van der Waals surface area contributed by atoms with E-state index in [2.05, 4.69) is 15.1 Å². The van der Waals surface area contributed by atoms with E-state index in [0.29, 0.717) is 25.2 Å². The van der Waals surface area contributed by atoms with Gasteiger partial charge in [-0.3, -0.25) is 19.6 Å². The van der Waals surface area contributed by atoms with E-state index in [4.69, 9.17) is 20.4 Å². The molecule has 1 aromatic heterocycles. The van der Waals surface area contributed by atoms with E-state index >= 15 is 0 Å². The van der Waals surface area contributed by atoms with Crippen LogP contribution < -0.4 is 0 Å². The number of nitrogens with zero attached hydrogens (tertiary/aromatic N) is 2. The Bertz CT molecular complexity index is 1290. The molecule has 10 nitrogen and oxygen atoms in total. The number of nitrogens with one attached hydrogen (secondary N) is 1. The largest absolute Gasteiger partial charge is 0.481 e. The molecule has 0 aliphatic carbocycles.